The largest absolute Gasteiger partial charge is 0.378 e. The van der Waals surface area contributed by atoms with Crippen molar-refractivity contribution in [3.8, 4) is 0 Å². The van der Waals surface area contributed by atoms with Crippen LogP contribution in [-0.4, -0.2) is 87.1 Å². The molecule has 0 unspecified atom stereocenters. The van der Waals surface area contributed by atoms with Crippen LogP contribution in [-0.2, 0) is 14.3 Å². The number of nitrogens with one attached hydrogen (secondary N) is 2. The summed E-state index contributed by atoms with van der Waals surface area (Å²) in [6.45, 7) is 8.28. The van der Waals surface area contributed by atoms with Crippen LogP contribution in [0.5, 0.6) is 0 Å². The third kappa shape index (κ3) is 7.03. The van der Waals surface area contributed by atoms with Crippen LogP contribution < -0.4 is 15.8 Å². The van der Waals surface area contributed by atoms with E-state index in [1.54, 1.807) is 29.0 Å². The molecule has 9 heteroatoms. The van der Waals surface area contributed by atoms with Crippen LogP contribution in [0.15, 0.2) is 24.3 Å². The molecule has 1 aromatic rings. The van der Waals surface area contributed by atoms with Crippen molar-refractivity contribution < 1.29 is 19.1 Å². The molecule has 0 aromatic heterocycles. The molecule has 1 fully saturated rings. The molecule has 0 bridgehead atoms. The molecule has 0 radical (unpaired) electrons. The molecular weight excluding hydrogens is 374 g/mol. The Morgan fingerprint density at radius 1 is 1.00 bits per heavy atom. The fourth-order valence-corrected chi connectivity index (χ4v) is 3.10. The van der Waals surface area contributed by atoms with Gasteiger partial charge in [-0.1, -0.05) is 0 Å². The normalized spacial score (nSPS) is 13.9. The minimum absolute atomic E-state index is 0.00272. The van der Waals surface area contributed by atoms with Crippen LogP contribution in [0, 0.1) is 0 Å². The summed E-state index contributed by atoms with van der Waals surface area (Å²) < 4.78 is 5.23. The maximum atomic E-state index is 12.2. The molecule has 3 amide bonds. The third-order valence-electron chi connectivity index (χ3n) is 4.76. The average Bonchev–Trinajstić information content (AvgIpc) is 2.74. The van der Waals surface area contributed by atoms with Crippen molar-refractivity contribution in [2.75, 3.05) is 64.4 Å². The number of nitrogens with zero attached hydrogens (tertiary/aromatic N) is 3. The molecule has 160 valence electrons. The summed E-state index contributed by atoms with van der Waals surface area (Å²) in [5.74, 6) is -0.826. The molecule has 1 aliphatic heterocycles. The van der Waals surface area contributed by atoms with Crippen LogP contribution in [0.4, 0.5) is 5.69 Å². The highest BCUT2D eigenvalue weighted by Gasteiger charge is 2.19. The molecule has 0 saturated carbocycles. The molecular formula is C20H31N5O4. The van der Waals surface area contributed by atoms with E-state index in [9.17, 15) is 14.4 Å². The van der Waals surface area contributed by atoms with E-state index in [4.69, 9.17) is 4.74 Å². The lowest BCUT2D eigenvalue weighted by atomic mass is 10.2. The second-order valence-corrected chi connectivity index (χ2v) is 6.89. The SMILES string of the molecule is CCN(CC)c1ccc(C(=O)NNC(=O)CN(C)CC(=O)N2CCOCC2)cc1. The van der Waals surface area contributed by atoms with Gasteiger partial charge in [-0.25, -0.2) is 0 Å². The fourth-order valence-electron chi connectivity index (χ4n) is 3.10. The highest BCUT2D eigenvalue weighted by molar-refractivity contribution is 5.95. The molecule has 0 spiro atoms. The summed E-state index contributed by atoms with van der Waals surface area (Å²) in [7, 11) is 1.69. The standard InChI is InChI=1S/C20H31N5O4/c1-4-24(5-2)17-8-6-16(7-9-17)20(28)22-21-18(26)14-23(3)15-19(27)25-10-12-29-13-11-25/h6-9H,4-5,10-15H2,1-3H3,(H,21,26)(H,22,28). The van der Waals surface area contributed by atoms with Gasteiger partial charge in [0.15, 0.2) is 0 Å². The molecule has 2 N–H and O–H groups in total. The van der Waals surface area contributed by atoms with Gasteiger partial charge in [-0.2, -0.15) is 0 Å². The molecule has 2 rings (SSSR count). The first kappa shape index (κ1) is 22.6. The van der Waals surface area contributed by atoms with Crippen LogP contribution in [0.3, 0.4) is 0 Å². The van der Waals surface area contributed by atoms with E-state index < -0.39 is 11.8 Å². The number of carbonyl (C=O) groups is 3. The Hall–Kier alpha value is -2.65. The van der Waals surface area contributed by atoms with Gasteiger partial charge in [0.25, 0.3) is 11.8 Å². The van der Waals surface area contributed by atoms with E-state index in [-0.39, 0.29) is 19.0 Å². The van der Waals surface area contributed by atoms with Crippen molar-refractivity contribution in [1.29, 1.82) is 0 Å². The van der Waals surface area contributed by atoms with E-state index in [2.05, 4.69) is 29.6 Å². The second-order valence-electron chi connectivity index (χ2n) is 6.89. The van der Waals surface area contributed by atoms with Gasteiger partial charge >= 0.3 is 0 Å². The topological polar surface area (TPSA) is 94.2 Å². The highest BCUT2D eigenvalue weighted by Crippen LogP contribution is 2.14. The van der Waals surface area contributed by atoms with Crippen LogP contribution in [0.25, 0.3) is 0 Å². The number of ether oxygens (including phenoxy) is 1. The number of anilines is 1. The number of morpholine rings is 1. The summed E-state index contributed by atoms with van der Waals surface area (Å²) in [5.41, 5.74) is 6.29. The lowest BCUT2D eigenvalue weighted by molar-refractivity contribution is -0.136. The minimum Gasteiger partial charge on any atom is -0.378 e. The number of carbonyl (C=O) groups excluding carboxylic acids is 3. The summed E-state index contributed by atoms with van der Waals surface area (Å²) in [5, 5.41) is 0. The minimum atomic E-state index is -0.393. The van der Waals surface area contributed by atoms with E-state index in [0.717, 1.165) is 18.8 Å². The Morgan fingerprint density at radius 3 is 2.21 bits per heavy atom. The molecule has 1 aliphatic rings. The predicted molar refractivity (Wildman–Crippen MR) is 111 cm³/mol. The second kappa shape index (κ2) is 11.4. The Labute approximate surface area is 171 Å². The molecule has 0 aliphatic carbocycles. The first-order chi connectivity index (χ1) is 13.9. The highest BCUT2D eigenvalue weighted by atomic mass is 16.5. The number of hydrogen-bond acceptors (Lipinski definition) is 6. The van der Waals surface area contributed by atoms with Gasteiger partial charge in [0.05, 0.1) is 26.3 Å². The van der Waals surface area contributed by atoms with Gasteiger partial charge in [0, 0.05) is 37.4 Å². The molecule has 0 atom stereocenters. The Balaban J connectivity index is 1.74. The first-order valence-electron chi connectivity index (χ1n) is 9.92. The zero-order valence-electron chi connectivity index (χ0n) is 17.4. The van der Waals surface area contributed by atoms with Crippen LogP contribution >= 0.6 is 0 Å². The van der Waals surface area contributed by atoms with Crippen molar-refractivity contribution >= 4 is 23.4 Å². The number of hydrazine groups is 1. The molecule has 1 saturated heterocycles. The summed E-state index contributed by atoms with van der Waals surface area (Å²) in [6.07, 6.45) is 0. The average molecular weight is 405 g/mol. The molecule has 1 heterocycles. The summed E-state index contributed by atoms with van der Waals surface area (Å²) in [4.78, 5) is 42.0. The van der Waals surface area contributed by atoms with E-state index in [1.165, 1.54) is 0 Å². The van der Waals surface area contributed by atoms with Crippen molar-refractivity contribution in [3.05, 3.63) is 29.8 Å². The fraction of sp³-hybridized carbons (Fsp3) is 0.550. The lowest BCUT2D eigenvalue weighted by Crippen LogP contribution is -2.49. The number of hydrogen-bond donors (Lipinski definition) is 2. The quantitative estimate of drug-likeness (QED) is 0.595. The van der Waals surface area contributed by atoms with Crippen molar-refractivity contribution in [2.24, 2.45) is 0 Å². The van der Waals surface area contributed by atoms with Crippen molar-refractivity contribution in [3.63, 3.8) is 0 Å². The Bertz CT molecular complexity index is 685. The van der Waals surface area contributed by atoms with Gasteiger partial charge in [-0.05, 0) is 45.2 Å². The van der Waals surface area contributed by atoms with Crippen LogP contribution in [0.1, 0.15) is 24.2 Å². The maximum Gasteiger partial charge on any atom is 0.269 e. The third-order valence-corrected chi connectivity index (χ3v) is 4.76. The molecule has 9 nitrogen and oxygen atoms in total. The predicted octanol–water partition coefficient (Wildman–Crippen LogP) is 0.0844. The van der Waals surface area contributed by atoms with Gasteiger partial charge < -0.3 is 14.5 Å². The van der Waals surface area contributed by atoms with E-state index in [0.29, 0.717) is 31.9 Å². The van der Waals surface area contributed by atoms with E-state index >= 15 is 0 Å². The monoisotopic (exact) mass is 405 g/mol. The van der Waals surface area contributed by atoms with Gasteiger partial charge in [0.2, 0.25) is 5.91 Å². The van der Waals surface area contributed by atoms with Gasteiger partial charge in [-0.15, -0.1) is 0 Å². The van der Waals surface area contributed by atoms with Gasteiger partial charge in [-0.3, -0.25) is 30.1 Å². The molecule has 1 aromatic carbocycles. The zero-order chi connectivity index (χ0) is 21.2. The number of benzene rings is 1. The smallest absolute Gasteiger partial charge is 0.269 e. The first-order valence-corrected chi connectivity index (χ1v) is 9.92. The number of amides is 3. The maximum absolute atomic E-state index is 12.2. The summed E-state index contributed by atoms with van der Waals surface area (Å²) >= 11 is 0. The van der Waals surface area contributed by atoms with Crippen molar-refractivity contribution in [1.82, 2.24) is 20.7 Å². The Kier molecular flexibility index (Phi) is 8.88. The summed E-state index contributed by atoms with van der Waals surface area (Å²) in [6, 6.07) is 7.22. The Morgan fingerprint density at radius 2 is 1.62 bits per heavy atom. The zero-order valence-corrected chi connectivity index (χ0v) is 17.4. The molecule has 29 heavy (non-hydrogen) atoms. The lowest BCUT2D eigenvalue weighted by Gasteiger charge is -2.28. The van der Waals surface area contributed by atoms with Gasteiger partial charge in [0.1, 0.15) is 0 Å². The van der Waals surface area contributed by atoms with E-state index in [1.807, 2.05) is 12.1 Å². The number of likely N-dealkylation sites (N-methyl/N-ethyl adjacent to an activating group) is 1. The number of rotatable bonds is 8. The van der Waals surface area contributed by atoms with Crippen LogP contribution in [0.2, 0.25) is 0 Å². The van der Waals surface area contributed by atoms with Crippen molar-refractivity contribution in [2.45, 2.75) is 13.8 Å².